The summed E-state index contributed by atoms with van der Waals surface area (Å²) in [6, 6.07) is 18.4. The van der Waals surface area contributed by atoms with Crippen LogP contribution in [0.1, 0.15) is 5.56 Å². The van der Waals surface area contributed by atoms with Crippen molar-refractivity contribution in [2.24, 2.45) is 0 Å². The lowest BCUT2D eigenvalue weighted by molar-refractivity contribution is -0.114. The number of anilines is 2. The van der Waals surface area contributed by atoms with Gasteiger partial charge in [-0.15, -0.1) is 0 Å². The molecule has 27 heavy (non-hydrogen) atoms. The highest BCUT2D eigenvalue weighted by Gasteiger charge is 2.27. The van der Waals surface area contributed by atoms with Crippen LogP contribution in [-0.2, 0) is 14.8 Å². The van der Waals surface area contributed by atoms with Gasteiger partial charge in [0.25, 0.3) is 10.0 Å². The minimum atomic E-state index is -3.90. The Kier molecular flexibility index (Phi) is 5.52. The monoisotopic (exact) mass is 381 g/mol. The first-order valence-corrected chi connectivity index (χ1v) is 9.75. The van der Waals surface area contributed by atoms with E-state index in [1.165, 1.54) is 18.3 Å². The molecule has 1 heterocycles. The summed E-state index contributed by atoms with van der Waals surface area (Å²) in [6.07, 6.45) is 3.09. The number of benzene rings is 2. The average Bonchev–Trinajstić information content (AvgIpc) is 2.68. The van der Waals surface area contributed by atoms with Crippen LogP contribution in [0.15, 0.2) is 84.0 Å². The first-order chi connectivity index (χ1) is 13.0. The van der Waals surface area contributed by atoms with Crippen molar-refractivity contribution in [3.8, 4) is 0 Å². The Morgan fingerprint density at radius 2 is 1.70 bits per heavy atom. The van der Waals surface area contributed by atoms with Crippen molar-refractivity contribution in [3.05, 3.63) is 84.7 Å². The Balaban J connectivity index is 1.93. The smallest absolute Gasteiger partial charge is 0.264 e. The maximum absolute atomic E-state index is 13.1. The molecule has 0 aliphatic carbocycles. The normalized spacial score (nSPS) is 11.0. The molecule has 0 fully saturated rings. The van der Waals surface area contributed by atoms with E-state index in [9.17, 15) is 13.2 Å². The number of pyridine rings is 1. The van der Waals surface area contributed by atoms with Crippen LogP contribution in [0, 0.1) is 6.92 Å². The molecule has 0 saturated heterocycles. The second-order valence-corrected chi connectivity index (χ2v) is 7.81. The molecule has 3 rings (SSSR count). The van der Waals surface area contributed by atoms with E-state index in [4.69, 9.17) is 0 Å². The van der Waals surface area contributed by atoms with Crippen molar-refractivity contribution in [3.63, 3.8) is 0 Å². The first-order valence-electron chi connectivity index (χ1n) is 8.31. The Morgan fingerprint density at radius 3 is 2.33 bits per heavy atom. The second kappa shape index (κ2) is 8.01. The summed E-state index contributed by atoms with van der Waals surface area (Å²) in [5.41, 5.74) is 1.92. The minimum absolute atomic E-state index is 0.125. The lowest BCUT2D eigenvalue weighted by Crippen LogP contribution is -2.38. The van der Waals surface area contributed by atoms with Gasteiger partial charge in [-0.1, -0.05) is 35.9 Å². The van der Waals surface area contributed by atoms with Crippen LogP contribution in [0.3, 0.4) is 0 Å². The van der Waals surface area contributed by atoms with E-state index >= 15 is 0 Å². The van der Waals surface area contributed by atoms with Gasteiger partial charge in [-0.25, -0.2) is 8.42 Å². The molecular formula is C20H19N3O3S. The first kappa shape index (κ1) is 18.6. The number of hydrogen-bond acceptors (Lipinski definition) is 4. The Morgan fingerprint density at radius 1 is 1.00 bits per heavy atom. The van der Waals surface area contributed by atoms with Crippen LogP contribution in [0.4, 0.5) is 11.4 Å². The van der Waals surface area contributed by atoms with E-state index in [0.717, 1.165) is 9.87 Å². The van der Waals surface area contributed by atoms with Gasteiger partial charge >= 0.3 is 0 Å². The zero-order valence-electron chi connectivity index (χ0n) is 14.7. The number of nitrogens with one attached hydrogen (secondary N) is 1. The average molecular weight is 381 g/mol. The molecule has 1 N–H and O–H groups in total. The maximum atomic E-state index is 13.1. The van der Waals surface area contributed by atoms with Gasteiger partial charge in [0.2, 0.25) is 5.91 Å². The molecule has 0 spiro atoms. The highest BCUT2D eigenvalue weighted by atomic mass is 32.2. The number of aryl methyl sites for hydroxylation is 1. The van der Waals surface area contributed by atoms with E-state index in [0.29, 0.717) is 11.4 Å². The van der Waals surface area contributed by atoms with E-state index in [2.05, 4.69) is 10.3 Å². The fourth-order valence-electron chi connectivity index (χ4n) is 2.51. The SMILES string of the molecule is Cc1ccc(N(CC(=O)Nc2cccnc2)S(=O)(=O)c2ccccc2)cc1. The van der Waals surface area contributed by atoms with E-state index in [1.54, 1.807) is 48.7 Å². The molecule has 0 radical (unpaired) electrons. The van der Waals surface area contributed by atoms with Crippen molar-refractivity contribution in [2.45, 2.75) is 11.8 Å². The van der Waals surface area contributed by atoms with Crippen LogP contribution >= 0.6 is 0 Å². The van der Waals surface area contributed by atoms with Gasteiger partial charge in [0, 0.05) is 6.20 Å². The Hall–Kier alpha value is -3.19. The van der Waals surface area contributed by atoms with Crippen molar-refractivity contribution >= 4 is 27.3 Å². The van der Waals surface area contributed by atoms with Crippen molar-refractivity contribution in [2.75, 3.05) is 16.2 Å². The molecule has 138 valence electrons. The number of amides is 1. The van der Waals surface area contributed by atoms with Crippen molar-refractivity contribution in [1.82, 2.24) is 4.98 Å². The summed E-state index contributed by atoms with van der Waals surface area (Å²) in [5.74, 6) is -0.455. The third kappa shape index (κ3) is 4.51. The third-order valence-corrected chi connectivity index (χ3v) is 5.67. The van der Waals surface area contributed by atoms with Crippen LogP contribution in [-0.4, -0.2) is 25.9 Å². The molecule has 0 atom stereocenters. The predicted molar refractivity (Wildman–Crippen MR) is 105 cm³/mol. The summed E-state index contributed by atoms with van der Waals surface area (Å²) in [6.45, 7) is 1.56. The zero-order chi connectivity index (χ0) is 19.3. The summed E-state index contributed by atoms with van der Waals surface area (Å²) >= 11 is 0. The van der Waals surface area contributed by atoms with E-state index in [1.807, 2.05) is 19.1 Å². The lowest BCUT2D eigenvalue weighted by atomic mass is 10.2. The Labute approximate surface area is 158 Å². The number of nitrogens with zero attached hydrogens (tertiary/aromatic N) is 2. The van der Waals surface area contributed by atoms with Crippen molar-refractivity contribution in [1.29, 1.82) is 0 Å². The van der Waals surface area contributed by atoms with Gasteiger partial charge in [0.15, 0.2) is 0 Å². The van der Waals surface area contributed by atoms with Gasteiger partial charge in [-0.3, -0.25) is 14.1 Å². The fourth-order valence-corrected chi connectivity index (χ4v) is 3.96. The summed E-state index contributed by atoms with van der Waals surface area (Å²) < 4.78 is 27.4. The van der Waals surface area contributed by atoms with Crippen molar-refractivity contribution < 1.29 is 13.2 Å². The van der Waals surface area contributed by atoms with Gasteiger partial charge in [-0.2, -0.15) is 0 Å². The number of sulfonamides is 1. The Bertz CT molecular complexity index is 1010. The number of aromatic nitrogens is 1. The molecule has 0 aliphatic heterocycles. The summed E-state index contributed by atoms with van der Waals surface area (Å²) in [5, 5.41) is 2.67. The lowest BCUT2D eigenvalue weighted by Gasteiger charge is -2.24. The molecule has 0 aliphatic rings. The van der Waals surface area contributed by atoms with E-state index < -0.39 is 15.9 Å². The van der Waals surface area contributed by atoms with Gasteiger partial charge in [0.1, 0.15) is 6.54 Å². The van der Waals surface area contributed by atoms with Gasteiger partial charge in [-0.05, 0) is 43.3 Å². The maximum Gasteiger partial charge on any atom is 0.264 e. The predicted octanol–water partition coefficient (Wildman–Crippen LogP) is 3.22. The summed E-state index contributed by atoms with van der Waals surface area (Å²) in [4.78, 5) is 16.6. The number of carbonyl (C=O) groups is 1. The van der Waals surface area contributed by atoms with Gasteiger partial charge < -0.3 is 5.32 Å². The zero-order valence-corrected chi connectivity index (χ0v) is 15.6. The fraction of sp³-hybridized carbons (Fsp3) is 0.100. The topological polar surface area (TPSA) is 79.4 Å². The molecule has 7 heteroatoms. The van der Waals surface area contributed by atoms with Gasteiger partial charge in [0.05, 0.1) is 22.5 Å². The second-order valence-electron chi connectivity index (χ2n) is 5.95. The number of hydrogen-bond donors (Lipinski definition) is 1. The van der Waals surface area contributed by atoms with Crippen LogP contribution in [0.5, 0.6) is 0 Å². The molecular weight excluding hydrogens is 362 g/mol. The van der Waals surface area contributed by atoms with Crippen LogP contribution in [0.25, 0.3) is 0 Å². The van der Waals surface area contributed by atoms with E-state index in [-0.39, 0.29) is 11.4 Å². The number of rotatable bonds is 6. The molecule has 1 amide bonds. The van der Waals surface area contributed by atoms with Crippen LogP contribution in [0.2, 0.25) is 0 Å². The largest absolute Gasteiger partial charge is 0.323 e. The molecule has 1 aromatic heterocycles. The highest BCUT2D eigenvalue weighted by Crippen LogP contribution is 2.24. The van der Waals surface area contributed by atoms with Crippen LogP contribution < -0.4 is 9.62 Å². The molecule has 2 aromatic carbocycles. The molecule has 0 saturated carbocycles. The minimum Gasteiger partial charge on any atom is -0.323 e. The molecule has 0 unspecified atom stereocenters. The third-order valence-electron chi connectivity index (χ3n) is 3.89. The molecule has 3 aromatic rings. The number of carbonyl (C=O) groups excluding carboxylic acids is 1. The highest BCUT2D eigenvalue weighted by molar-refractivity contribution is 7.92. The summed E-state index contributed by atoms with van der Waals surface area (Å²) in [7, 11) is -3.90. The molecule has 0 bridgehead atoms. The quantitative estimate of drug-likeness (QED) is 0.711. The molecule has 6 nitrogen and oxygen atoms in total. The standard InChI is InChI=1S/C20H19N3O3S/c1-16-9-11-18(12-10-16)23(27(25,26)19-7-3-2-4-8-19)15-20(24)22-17-6-5-13-21-14-17/h2-14H,15H2,1H3,(H,22,24).